The zero-order chi connectivity index (χ0) is 18.6. The number of likely N-dealkylation sites (N-methyl/N-ethyl adjacent to an activating group) is 1. The van der Waals surface area contributed by atoms with Gasteiger partial charge in [-0.2, -0.15) is 8.42 Å². The van der Waals surface area contributed by atoms with Crippen molar-refractivity contribution in [3.8, 4) is 0 Å². The van der Waals surface area contributed by atoms with Gasteiger partial charge < -0.3 is 10.2 Å². The van der Waals surface area contributed by atoms with Crippen molar-refractivity contribution in [3.63, 3.8) is 0 Å². The number of hydrogen-bond donors (Lipinski definition) is 2. The Bertz CT molecular complexity index is 691. The summed E-state index contributed by atoms with van der Waals surface area (Å²) >= 11 is 6.40. The largest absolute Gasteiger partial charge is 0.354 e. The van der Waals surface area contributed by atoms with Crippen LogP contribution in [0.4, 0.5) is 5.95 Å². The third kappa shape index (κ3) is 5.77. The lowest BCUT2D eigenvalue weighted by molar-refractivity contribution is 0.0899. The molecule has 0 unspecified atom stereocenters. The van der Waals surface area contributed by atoms with E-state index in [-0.39, 0.29) is 0 Å². The second kappa shape index (κ2) is 8.62. The first-order valence-electron chi connectivity index (χ1n) is 8.68. The SMILES string of the molecule is CCNc1nc(Cl)c2c(n1)C[C@@H]1CCCN(CC)[C@H]1C2.CS(=O)(=O)O. The molecular formula is C16H27ClN4O3S. The van der Waals surface area contributed by atoms with Gasteiger partial charge in [0, 0.05) is 18.2 Å². The maximum atomic E-state index is 9.19. The van der Waals surface area contributed by atoms with Gasteiger partial charge >= 0.3 is 0 Å². The third-order valence-electron chi connectivity index (χ3n) is 4.69. The predicted molar refractivity (Wildman–Crippen MR) is 99.8 cm³/mol. The number of nitrogens with zero attached hydrogens (tertiary/aromatic N) is 3. The number of nitrogens with one attached hydrogen (secondary N) is 1. The van der Waals surface area contributed by atoms with Gasteiger partial charge in [-0.1, -0.05) is 18.5 Å². The van der Waals surface area contributed by atoms with Gasteiger partial charge in [0.15, 0.2) is 0 Å². The van der Waals surface area contributed by atoms with Crippen LogP contribution in [-0.2, 0) is 23.0 Å². The van der Waals surface area contributed by atoms with Crippen LogP contribution in [0.1, 0.15) is 37.9 Å². The summed E-state index contributed by atoms with van der Waals surface area (Å²) in [5, 5.41) is 3.82. The molecule has 0 bridgehead atoms. The van der Waals surface area contributed by atoms with E-state index < -0.39 is 10.1 Å². The van der Waals surface area contributed by atoms with Crippen LogP contribution in [0, 0.1) is 5.92 Å². The Hall–Kier alpha value is -0.960. The van der Waals surface area contributed by atoms with Gasteiger partial charge in [0.25, 0.3) is 10.1 Å². The Kier molecular flexibility index (Phi) is 7.01. The van der Waals surface area contributed by atoms with Crippen molar-refractivity contribution in [3.05, 3.63) is 16.4 Å². The molecule has 7 nitrogen and oxygen atoms in total. The van der Waals surface area contributed by atoms with Crippen molar-refractivity contribution in [2.75, 3.05) is 31.2 Å². The van der Waals surface area contributed by atoms with Gasteiger partial charge in [0.1, 0.15) is 5.15 Å². The highest BCUT2D eigenvalue weighted by Crippen LogP contribution is 2.36. The van der Waals surface area contributed by atoms with E-state index in [4.69, 9.17) is 16.2 Å². The fourth-order valence-electron chi connectivity index (χ4n) is 3.70. The smallest absolute Gasteiger partial charge is 0.261 e. The van der Waals surface area contributed by atoms with E-state index >= 15 is 0 Å². The normalized spacial score (nSPS) is 23.1. The minimum Gasteiger partial charge on any atom is -0.354 e. The summed E-state index contributed by atoms with van der Waals surface area (Å²) < 4.78 is 25.9. The zero-order valence-corrected chi connectivity index (χ0v) is 16.6. The highest BCUT2D eigenvalue weighted by atomic mass is 35.5. The first-order valence-corrected chi connectivity index (χ1v) is 10.9. The quantitative estimate of drug-likeness (QED) is 0.603. The number of likely N-dealkylation sites (tertiary alicyclic amines) is 1. The molecule has 0 aromatic carbocycles. The molecule has 25 heavy (non-hydrogen) atoms. The van der Waals surface area contributed by atoms with Crippen LogP contribution in [0.15, 0.2) is 0 Å². The van der Waals surface area contributed by atoms with Crippen molar-refractivity contribution >= 4 is 27.7 Å². The Morgan fingerprint density at radius 2 is 2.00 bits per heavy atom. The molecule has 2 heterocycles. The maximum Gasteiger partial charge on any atom is 0.261 e. The van der Waals surface area contributed by atoms with E-state index in [0.717, 1.165) is 31.8 Å². The van der Waals surface area contributed by atoms with Gasteiger partial charge in [0.05, 0.1) is 11.9 Å². The highest BCUT2D eigenvalue weighted by Gasteiger charge is 2.36. The van der Waals surface area contributed by atoms with E-state index in [1.807, 2.05) is 6.92 Å². The summed E-state index contributed by atoms with van der Waals surface area (Å²) in [6.45, 7) is 7.48. The topological polar surface area (TPSA) is 95.4 Å². The zero-order valence-electron chi connectivity index (χ0n) is 15.0. The first kappa shape index (κ1) is 20.4. The second-order valence-electron chi connectivity index (χ2n) is 6.53. The van der Waals surface area contributed by atoms with Crippen LogP contribution in [0.2, 0.25) is 5.15 Å². The predicted octanol–water partition coefficient (Wildman–Crippen LogP) is 2.26. The Labute approximate surface area is 154 Å². The Balaban J connectivity index is 0.000000399. The number of piperidine rings is 1. The van der Waals surface area contributed by atoms with Crippen LogP contribution in [0.25, 0.3) is 0 Å². The Morgan fingerprint density at radius 1 is 1.32 bits per heavy atom. The van der Waals surface area contributed by atoms with E-state index in [0.29, 0.717) is 23.4 Å². The summed E-state index contributed by atoms with van der Waals surface area (Å²) in [4.78, 5) is 11.7. The van der Waals surface area contributed by atoms with E-state index in [1.54, 1.807) is 0 Å². The molecule has 1 aromatic rings. The van der Waals surface area contributed by atoms with Gasteiger partial charge in [-0.05, 0) is 51.6 Å². The maximum absolute atomic E-state index is 9.19. The molecule has 3 rings (SSSR count). The Morgan fingerprint density at radius 3 is 2.60 bits per heavy atom. The molecule has 1 aliphatic heterocycles. The van der Waals surface area contributed by atoms with Crippen molar-refractivity contribution in [2.24, 2.45) is 5.92 Å². The molecular weight excluding hydrogens is 364 g/mol. The molecule has 2 atom stereocenters. The molecule has 1 fully saturated rings. The number of anilines is 1. The van der Waals surface area contributed by atoms with Crippen LogP contribution < -0.4 is 5.32 Å². The average molecular weight is 391 g/mol. The average Bonchev–Trinajstić information content (AvgIpc) is 2.51. The van der Waals surface area contributed by atoms with E-state index in [1.165, 1.54) is 30.6 Å². The fraction of sp³-hybridized carbons (Fsp3) is 0.750. The standard InChI is InChI=1S/C15H23ClN4.CH4O3S/c1-3-17-15-18-12-8-10-6-5-7-20(4-2)13(10)9-11(12)14(16)19-15;1-5(2,3)4/h10,13H,3-9H2,1-2H3,(H,17,18,19);1H3,(H,2,3,4)/t10-,13-;/m0./s1. The number of fused-ring (bicyclic) bond motifs is 2. The molecule has 1 aliphatic carbocycles. The highest BCUT2D eigenvalue weighted by molar-refractivity contribution is 7.85. The molecule has 142 valence electrons. The van der Waals surface area contributed by atoms with Crippen LogP contribution >= 0.6 is 11.6 Å². The molecule has 1 saturated heterocycles. The van der Waals surface area contributed by atoms with Gasteiger partial charge in [-0.15, -0.1) is 0 Å². The summed E-state index contributed by atoms with van der Waals surface area (Å²) in [6.07, 6.45) is 5.41. The summed E-state index contributed by atoms with van der Waals surface area (Å²) in [6, 6.07) is 0.632. The van der Waals surface area contributed by atoms with Crippen LogP contribution in [0.3, 0.4) is 0 Å². The first-order chi connectivity index (χ1) is 11.7. The molecule has 0 amide bonds. The lowest BCUT2D eigenvalue weighted by Gasteiger charge is -2.44. The monoisotopic (exact) mass is 390 g/mol. The molecule has 9 heteroatoms. The van der Waals surface area contributed by atoms with Crippen molar-refractivity contribution in [1.29, 1.82) is 0 Å². The number of rotatable bonds is 3. The lowest BCUT2D eigenvalue weighted by Crippen LogP contribution is -2.49. The van der Waals surface area contributed by atoms with Crippen molar-refractivity contribution in [1.82, 2.24) is 14.9 Å². The summed E-state index contributed by atoms with van der Waals surface area (Å²) in [7, 11) is -3.67. The number of halogens is 1. The molecule has 0 saturated carbocycles. The molecule has 0 radical (unpaired) electrons. The summed E-state index contributed by atoms with van der Waals surface area (Å²) in [5.41, 5.74) is 2.34. The van der Waals surface area contributed by atoms with Crippen molar-refractivity contribution in [2.45, 2.75) is 45.6 Å². The lowest BCUT2D eigenvalue weighted by atomic mass is 9.77. The minimum atomic E-state index is -3.67. The fourth-order valence-corrected chi connectivity index (χ4v) is 3.97. The van der Waals surface area contributed by atoms with Gasteiger partial charge in [-0.3, -0.25) is 4.55 Å². The summed E-state index contributed by atoms with van der Waals surface area (Å²) in [5.74, 6) is 1.41. The van der Waals surface area contributed by atoms with Crippen LogP contribution in [0.5, 0.6) is 0 Å². The van der Waals surface area contributed by atoms with Crippen LogP contribution in [-0.4, -0.2) is 59.8 Å². The molecule has 0 spiro atoms. The van der Waals surface area contributed by atoms with E-state index in [9.17, 15) is 8.42 Å². The number of aromatic nitrogens is 2. The second-order valence-corrected chi connectivity index (χ2v) is 8.36. The third-order valence-corrected chi connectivity index (χ3v) is 5.00. The van der Waals surface area contributed by atoms with Gasteiger partial charge in [0.2, 0.25) is 5.95 Å². The van der Waals surface area contributed by atoms with Gasteiger partial charge in [-0.25, -0.2) is 9.97 Å². The van der Waals surface area contributed by atoms with E-state index in [2.05, 4.69) is 27.1 Å². The molecule has 1 aromatic heterocycles. The molecule has 2 aliphatic rings. The van der Waals surface area contributed by atoms with Crippen molar-refractivity contribution < 1.29 is 13.0 Å². The minimum absolute atomic E-state index is 0.632. The molecule has 2 N–H and O–H groups in total. The number of hydrogen-bond acceptors (Lipinski definition) is 6.